The number of urea groups is 1. The Bertz CT molecular complexity index is 549. The van der Waals surface area contributed by atoms with Crippen LogP contribution in [0.2, 0.25) is 0 Å². The molecule has 1 aliphatic heterocycles. The van der Waals surface area contributed by atoms with E-state index in [1.165, 1.54) is 18.5 Å². The zero-order chi connectivity index (χ0) is 17.5. The van der Waals surface area contributed by atoms with Gasteiger partial charge >= 0.3 is 6.03 Å². The molecule has 3 N–H and O–H groups in total. The van der Waals surface area contributed by atoms with Gasteiger partial charge < -0.3 is 20.9 Å². The normalized spacial score (nSPS) is 15.2. The average Bonchev–Trinajstić information content (AvgIpc) is 2.54. The number of nitrogens with zero attached hydrogens (tertiary/aromatic N) is 1. The predicted molar refractivity (Wildman–Crippen MR) is 97.4 cm³/mol. The molecule has 1 aromatic carbocycles. The van der Waals surface area contributed by atoms with Crippen molar-refractivity contribution in [1.82, 2.24) is 10.6 Å². The summed E-state index contributed by atoms with van der Waals surface area (Å²) in [4.78, 5) is 25.7. The van der Waals surface area contributed by atoms with Crippen LogP contribution in [0.5, 0.6) is 0 Å². The van der Waals surface area contributed by atoms with Gasteiger partial charge in [0.1, 0.15) is 0 Å². The second-order valence-corrected chi connectivity index (χ2v) is 6.75. The number of carbonyl (C=O) groups is 2. The second-order valence-electron chi connectivity index (χ2n) is 6.75. The summed E-state index contributed by atoms with van der Waals surface area (Å²) in [7, 11) is 0. The minimum atomic E-state index is -0.338. The third-order valence-corrected chi connectivity index (χ3v) is 4.13. The van der Waals surface area contributed by atoms with Crippen LogP contribution in [0.15, 0.2) is 24.3 Å². The van der Waals surface area contributed by atoms with Crippen molar-refractivity contribution in [3.8, 4) is 0 Å². The van der Waals surface area contributed by atoms with Gasteiger partial charge in [0, 0.05) is 30.5 Å². The summed E-state index contributed by atoms with van der Waals surface area (Å²) in [5, 5.41) is 7.99. The number of amides is 3. The van der Waals surface area contributed by atoms with E-state index in [4.69, 9.17) is 0 Å². The first-order valence-corrected chi connectivity index (χ1v) is 8.63. The van der Waals surface area contributed by atoms with Gasteiger partial charge in [-0.1, -0.05) is 6.92 Å². The van der Waals surface area contributed by atoms with Crippen molar-refractivity contribution in [3.05, 3.63) is 24.3 Å². The Balaban J connectivity index is 1.78. The molecule has 0 aromatic heterocycles. The van der Waals surface area contributed by atoms with E-state index < -0.39 is 0 Å². The van der Waals surface area contributed by atoms with Crippen molar-refractivity contribution >= 4 is 23.3 Å². The molecule has 0 radical (unpaired) electrons. The standard InChI is InChI=1S/C18H28N4O2/c1-13(2)20-18(24)19-12-17(23)21-15-4-6-16(7-5-15)22-10-8-14(3)9-11-22/h4-7,13-14H,8-12H2,1-3H3,(H,21,23)(H2,19,20,24). The minimum absolute atomic E-state index is 0.0402. The Hall–Kier alpha value is -2.24. The lowest BCUT2D eigenvalue weighted by molar-refractivity contribution is -0.115. The molecule has 0 saturated carbocycles. The molecule has 132 valence electrons. The first-order chi connectivity index (χ1) is 11.4. The maximum atomic E-state index is 11.9. The van der Waals surface area contributed by atoms with Gasteiger partial charge in [0.15, 0.2) is 0 Å². The van der Waals surface area contributed by atoms with Crippen molar-refractivity contribution in [1.29, 1.82) is 0 Å². The van der Waals surface area contributed by atoms with Crippen LogP contribution in [-0.2, 0) is 4.79 Å². The Morgan fingerprint density at radius 1 is 1.17 bits per heavy atom. The van der Waals surface area contributed by atoms with Crippen molar-refractivity contribution in [2.75, 3.05) is 29.9 Å². The number of benzene rings is 1. The fraction of sp³-hybridized carbons (Fsp3) is 0.556. The van der Waals surface area contributed by atoms with Gasteiger partial charge in [-0.25, -0.2) is 4.79 Å². The molecule has 2 rings (SSSR count). The minimum Gasteiger partial charge on any atom is -0.372 e. The fourth-order valence-electron chi connectivity index (χ4n) is 2.70. The molecule has 0 spiro atoms. The van der Waals surface area contributed by atoms with Crippen LogP contribution in [-0.4, -0.2) is 37.6 Å². The molecular weight excluding hydrogens is 304 g/mol. The largest absolute Gasteiger partial charge is 0.372 e. The zero-order valence-electron chi connectivity index (χ0n) is 14.8. The van der Waals surface area contributed by atoms with Crippen LogP contribution in [0.25, 0.3) is 0 Å². The van der Waals surface area contributed by atoms with Gasteiger partial charge in [0.25, 0.3) is 0 Å². The monoisotopic (exact) mass is 332 g/mol. The van der Waals surface area contributed by atoms with Crippen LogP contribution >= 0.6 is 0 Å². The average molecular weight is 332 g/mol. The van der Waals surface area contributed by atoms with Crippen LogP contribution < -0.4 is 20.9 Å². The van der Waals surface area contributed by atoms with Gasteiger partial charge in [-0.2, -0.15) is 0 Å². The van der Waals surface area contributed by atoms with Crippen molar-refractivity contribution in [2.24, 2.45) is 5.92 Å². The van der Waals surface area contributed by atoms with Crippen LogP contribution in [0, 0.1) is 5.92 Å². The molecule has 6 heteroatoms. The first kappa shape index (κ1) is 18.1. The summed E-state index contributed by atoms with van der Waals surface area (Å²) in [5.41, 5.74) is 1.93. The van der Waals surface area contributed by atoms with E-state index in [9.17, 15) is 9.59 Å². The topological polar surface area (TPSA) is 73.5 Å². The summed E-state index contributed by atoms with van der Waals surface area (Å²) in [6.07, 6.45) is 2.45. The van der Waals surface area contributed by atoms with E-state index in [-0.39, 0.29) is 24.5 Å². The van der Waals surface area contributed by atoms with E-state index in [0.717, 1.165) is 24.7 Å². The lowest BCUT2D eigenvalue weighted by Crippen LogP contribution is -2.42. The quantitative estimate of drug-likeness (QED) is 0.776. The molecule has 1 heterocycles. The van der Waals surface area contributed by atoms with Gasteiger partial charge in [-0.3, -0.25) is 4.79 Å². The maximum Gasteiger partial charge on any atom is 0.315 e. The highest BCUT2D eigenvalue weighted by Gasteiger charge is 2.16. The highest BCUT2D eigenvalue weighted by molar-refractivity contribution is 5.94. The van der Waals surface area contributed by atoms with E-state index in [1.54, 1.807) is 0 Å². The molecular formula is C18H28N4O2. The lowest BCUT2D eigenvalue weighted by Gasteiger charge is -2.32. The number of carbonyl (C=O) groups excluding carboxylic acids is 2. The molecule has 0 unspecified atom stereocenters. The number of piperidine rings is 1. The van der Waals surface area contributed by atoms with Crippen molar-refractivity contribution in [2.45, 2.75) is 39.7 Å². The van der Waals surface area contributed by atoms with Gasteiger partial charge in [0.05, 0.1) is 6.54 Å². The van der Waals surface area contributed by atoms with Gasteiger partial charge in [-0.05, 0) is 56.9 Å². The summed E-state index contributed by atoms with van der Waals surface area (Å²) in [5.74, 6) is 0.564. The highest BCUT2D eigenvalue weighted by Crippen LogP contribution is 2.24. The molecule has 0 aliphatic carbocycles. The number of hydrogen-bond donors (Lipinski definition) is 3. The first-order valence-electron chi connectivity index (χ1n) is 8.63. The van der Waals surface area contributed by atoms with Gasteiger partial charge in [-0.15, -0.1) is 0 Å². The molecule has 24 heavy (non-hydrogen) atoms. The SMILES string of the molecule is CC1CCN(c2ccc(NC(=O)CNC(=O)NC(C)C)cc2)CC1. The summed E-state index contributed by atoms with van der Waals surface area (Å²) >= 11 is 0. The van der Waals surface area contributed by atoms with E-state index >= 15 is 0 Å². The van der Waals surface area contributed by atoms with Crippen LogP contribution in [0.3, 0.4) is 0 Å². The third kappa shape index (κ3) is 5.76. The summed E-state index contributed by atoms with van der Waals surface area (Å²) < 4.78 is 0. The molecule has 1 aliphatic rings. The molecule has 6 nitrogen and oxygen atoms in total. The molecule has 3 amide bonds. The fourth-order valence-corrected chi connectivity index (χ4v) is 2.70. The second kappa shape index (κ2) is 8.57. The molecule has 1 fully saturated rings. The Morgan fingerprint density at radius 3 is 2.38 bits per heavy atom. The third-order valence-electron chi connectivity index (χ3n) is 4.13. The molecule has 1 aromatic rings. The zero-order valence-corrected chi connectivity index (χ0v) is 14.8. The molecule has 0 atom stereocenters. The summed E-state index contributed by atoms with van der Waals surface area (Å²) in [6.45, 7) is 8.15. The Morgan fingerprint density at radius 2 is 1.79 bits per heavy atom. The smallest absolute Gasteiger partial charge is 0.315 e. The predicted octanol–water partition coefficient (Wildman–Crippen LogP) is 2.57. The lowest BCUT2D eigenvalue weighted by atomic mass is 9.99. The maximum absolute atomic E-state index is 11.9. The molecule has 1 saturated heterocycles. The Labute approximate surface area is 144 Å². The van der Waals surface area contributed by atoms with Crippen molar-refractivity contribution < 1.29 is 9.59 Å². The van der Waals surface area contributed by atoms with E-state index in [1.807, 2.05) is 38.1 Å². The van der Waals surface area contributed by atoms with Gasteiger partial charge in [0.2, 0.25) is 5.91 Å². The number of nitrogens with one attached hydrogen (secondary N) is 3. The van der Waals surface area contributed by atoms with Crippen LogP contribution in [0.4, 0.5) is 16.2 Å². The van der Waals surface area contributed by atoms with E-state index in [0.29, 0.717) is 0 Å². The number of hydrogen-bond acceptors (Lipinski definition) is 3. The van der Waals surface area contributed by atoms with E-state index in [2.05, 4.69) is 27.8 Å². The Kier molecular flexibility index (Phi) is 6.46. The van der Waals surface area contributed by atoms with Crippen LogP contribution in [0.1, 0.15) is 33.6 Å². The number of anilines is 2. The van der Waals surface area contributed by atoms with Crippen molar-refractivity contribution in [3.63, 3.8) is 0 Å². The highest BCUT2D eigenvalue weighted by atomic mass is 16.2. The molecule has 0 bridgehead atoms. The number of rotatable bonds is 5. The summed E-state index contributed by atoms with van der Waals surface area (Å²) in [6, 6.07) is 7.57.